The van der Waals surface area contributed by atoms with E-state index in [-0.39, 0.29) is 18.5 Å². The standard InChI is InChI=1S/C15H24N2O4S/c1-6-12(3)16-15(18)10-17(22(5,19)20)13-9-11(2)7-8-14(13)21-4/h7-9,12H,6,10H2,1-5H3,(H,16,18)/t12-/m1/s1. The Morgan fingerprint density at radius 1 is 1.41 bits per heavy atom. The smallest absolute Gasteiger partial charge is 0.240 e. The van der Waals surface area contributed by atoms with Crippen molar-refractivity contribution < 1.29 is 17.9 Å². The highest BCUT2D eigenvalue weighted by Crippen LogP contribution is 2.30. The number of rotatable bonds is 7. The summed E-state index contributed by atoms with van der Waals surface area (Å²) in [5.41, 5.74) is 1.25. The SMILES string of the molecule is CC[C@@H](C)NC(=O)CN(c1cc(C)ccc1OC)S(C)(=O)=O. The topological polar surface area (TPSA) is 75.7 Å². The van der Waals surface area contributed by atoms with Gasteiger partial charge >= 0.3 is 0 Å². The molecular weight excluding hydrogens is 304 g/mol. The second-order valence-electron chi connectivity index (χ2n) is 5.32. The van der Waals surface area contributed by atoms with Gasteiger partial charge in [-0.1, -0.05) is 13.0 Å². The van der Waals surface area contributed by atoms with E-state index in [9.17, 15) is 13.2 Å². The van der Waals surface area contributed by atoms with Crippen LogP contribution in [0.25, 0.3) is 0 Å². The molecule has 0 unspecified atom stereocenters. The van der Waals surface area contributed by atoms with Gasteiger partial charge < -0.3 is 10.1 Å². The summed E-state index contributed by atoms with van der Waals surface area (Å²) >= 11 is 0. The average Bonchev–Trinajstić information content (AvgIpc) is 2.43. The molecule has 1 atom stereocenters. The number of benzene rings is 1. The number of aryl methyl sites for hydroxylation is 1. The van der Waals surface area contributed by atoms with E-state index in [0.717, 1.165) is 22.5 Å². The molecule has 0 spiro atoms. The maximum absolute atomic E-state index is 12.1. The number of hydrogen-bond donors (Lipinski definition) is 1. The number of methoxy groups -OCH3 is 1. The number of nitrogens with zero attached hydrogens (tertiary/aromatic N) is 1. The van der Waals surface area contributed by atoms with Crippen molar-refractivity contribution in [1.82, 2.24) is 5.32 Å². The Bertz CT molecular complexity index is 628. The fourth-order valence-electron chi connectivity index (χ4n) is 1.93. The Morgan fingerprint density at radius 3 is 2.55 bits per heavy atom. The lowest BCUT2D eigenvalue weighted by molar-refractivity contribution is -0.120. The summed E-state index contributed by atoms with van der Waals surface area (Å²) in [5.74, 6) is 0.0655. The second-order valence-corrected chi connectivity index (χ2v) is 7.23. The van der Waals surface area contributed by atoms with Crippen molar-refractivity contribution in [2.75, 3.05) is 24.2 Å². The van der Waals surface area contributed by atoms with Crippen LogP contribution >= 0.6 is 0 Å². The number of carbonyl (C=O) groups excluding carboxylic acids is 1. The van der Waals surface area contributed by atoms with Gasteiger partial charge in [0.1, 0.15) is 12.3 Å². The number of hydrogen-bond acceptors (Lipinski definition) is 4. The van der Waals surface area contributed by atoms with Crippen molar-refractivity contribution in [2.45, 2.75) is 33.2 Å². The molecule has 6 nitrogen and oxygen atoms in total. The summed E-state index contributed by atoms with van der Waals surface area (Å²) < 4.78 is 30.5. The molecule has 7 heteroatoms. The van der Waals surface area contributed by atoms with Crippen molar-refractivity contribution >= 4 is 21.6 Å². The Labute approximate surface area is 132 Å². The van der Waals surface area contributed by atoms with Gasteiger partial charge in [0.2, 0.25) is 15.9 Å². The first-order valence-corrected chi connectivity index (χ1v) is 8.95. The minimum atomic E-state index is -3.61. The van der Waals surface area contributed by atoms with Crippen LogP contribution in [0.3, 0.4) is 0 Å². The van der Waals surface area contributed by atoms with Gasteiger partial charge in [-0.25, -0.2) is 8.42 Å². The average molecular weight is 328 g/mol. The molecule has 1 rings (SSSR count). The quantitative estimate of drug-likeness (QED) is 0.826. The van der Waals surface area contributed by atoms with E-state index >= 15 is 0 Å². The lowest BCUT2D eigenvalue weighted by Crippen LogP contribution is -2.43. The molecule has 1 N–H and O–H groups in total. The Morgan fingerprint density at radius 2 is 2.05 bits per heavy atom. The summed E-state index contributed by atoms with van der Waals surface area (Å²) in [5, 5.41) is 2.77. The van der Waals surface area contributed by atoms with Crippen LogP contribution in [0.1, 0.15) is 25.8 Å². The Hall–Kier alpha value is -1.76. The summed E-state index contributed by atoms with van der Waals surface area (Å²) in [4.78, 5) is 12.1. The van der Waals surface area contributed by atoms with Gasteiger partial charge in [-0.2, -0.15) is 0 Å². The molecule has 0 aliphatic rings. The highest BCUT2D eigenvalue weighted by atomic mass is 32.2. The normalized spacial score (nSPS) is 12.6. The first kappa shape index (κ1) is 18.3. The zero-order chi connectivity index (χ0) is 16.9. The summed E-state index contributed by atoms with van der Waals surface area (Å²) in [6.45, 7) is 5.39. The largest absolute Gasteiger partial charge is 0.495 e. The van der Waals surface area contributed by atoms with Gasteiger partial charge in [0, 0.05) is 6.04 Å². The lowest BCUT2D eigenvalue weighted by Gasteiger charge is -2.25. The van der Waals surface area contributed by atoms with E-state index in [1.807, 2.05) is 26.8 Å². The van der Waals surface area contributed by atoms with Gasteiger partial charge in [-0.3, -0.25) is 9.10 Å². The molecule has 0 bridgehead atoms. The fourth-order valence-corrected chi connectivity index (χ4v) is 2.78. The molecule has 0 aromatic heterocycles. The summed E-state index contributed by atoms with van der Waals surface area (Å²) in [6, 6.07) is 5.20. The molecule has 0 saturated heterocycles. The molecule has 22 heavy (non-hydrogen) atoms. The minimum absolute atomic E-state index is 0.00619. The third kappa shape index (κ3) is 4.91. The zero-order valence-corrected chi connectivity index (χ0v) is 14.5. The molecule has 124 valence electrons. The number of nitrogens with one attached hydrogen (secondary N) is 1. The van der Waals surface area contributed by atoms with Crippen molar-refractivity contribution in [2.24, 2.45) is 0 Å². The van der Waals surface area contributed by atoms with Crippen LogP contribution in [-0.2, 0) is 14.8 Å². The number of anilines is 1. The zero-order valence-electron chi connectivity index (χ0n) is 13.7. The van der Waals surface area contributed by atoms with Gasteiger partial charge in [0.25, 0.3) is 0 Å². The highest BCUT2D eigenvalue weighted by molar-refractivity contribution is 7.92. The number of carbonyl (C=O) groups is 1. The van der Waals surface area contributed by atoms with Crippen LogP contribution < -0.4 is 14.4 Å². The molecule has 0 saturated carbocycles. The maximum Gasteiger partial charge on any atom is 0.240 e. The maximum atomic E-state index is 12.1. The van der Waals surface area contributed by atoms with Gasteiger partial charge in [0.15, 0.2) is 0 Å². The van der Waals surface area contributed by atoms with Crippen molar-refractivity contribution in [3.8, 4) is 5.75 Å². The van der Waals surface area contributed by atoms with E-state index in [0.29, 0.717) is 11.4 Å². The predicted molar refractivity (Wildman–Crippen MR) is 87.8 cm³/mol. The molecule has 1 amide bonds. The van der Waals surface area contributed by atoms with Gasteiger partial charge in [0.05, 0.1) is 19.1 Å². The minimum Gasteiger partial charge on any atom is -0.495 e. The molecule has 0 radical (unpaired) electrons. The third-order valence-electron chi connectivity index (χ3n) is 3.31. The third-order valence-corrected chi connectivity index (χ3v) is 4.44. The molecule has 0 aliphatic carbocycles. The van der Waals surface area contributed by atoms with E-state index in [4.69, 9.17) is 4.74 Å². The molecule has 1 aromatic rings. The van der Waals surface area contributed by atoms with Crippen LogP contribution in [0, 0.1) is 6.92 Å². The second kappa shape index (κ2) is 7.49. The van der Waals surface area contributed by atoms with Crippen molar-refractivity contribution in [1.29, 1.82) is 0 Å². The number of amides is 1. The molecule has 0 heterocycles. The fraction of sp³-hybridized carbons (Fsp3) is 0.533. The van der Waals surface area contributed by atoms with Crippen molar-refractivity contribution in [3.63, 3.8) is 0 Å². The van der Waals surface area contributed by atoms with Crippen LogP contribution in [0.2, 0.25) is 0 Å². The molecule has 0 aliphatic heterocycles. The first-order valence-electron chi connectivity index (χ1n) is 7.10. The van der Waals surface area contributed by atoms with Crippen LogP contribution in [0.4, 0.5) is 5.69 Å². The highest BCUT2D eigenvalue weighted by Gasteiger charge is 2.24. The van der Waals surface area contributed by atoms with Crippen LogP contribution in [0.5, 0.6) is 5.75 Å². The van der Waals surface area contributed by atoms with E-state index in [1.165, 1.54) is 7.11 Å². The lowest BCUT2D eigenvalue weighted by atomic mass is 10.2. The van der Waals surface area contributed by atoms with Crippen LogP contribution in [-0.4, -0.2) is 40.3 Å². The Balaban J connectivity index is 3.15. The summed E-state index contributed by atoms with van der Waals surface area (Å²) in [6.07, 6.45) is 1.85. The monoisotopic (exact) mass is 328 g/mol. The van der Waals surface area contributed by atoms with E-state index in [1.54, 1.807) is 12.1 Å². The molecule has 1 aromatic carbocycles. The summed E-state index contributed by atoms with van der Waals surface area (Å²) in [7, 11) is -2.15. The van der Waals surface area contributed by atoms with E-state index < -0.39 is 10.0 Å². The molecule has 0 fully saturated rings. The van der Waals surface area contributed by atoms with E-state index in [2.05, 4.69) is 5.32 Å². The number of ether oxygens (including phenoxy) is 1. The van der Waals surface area contributed by atoms with Crippen LogP contribution in [0.15, 0.2) is 18.2 Å². The Kier molecular flexibility index (Phi) is 6.22. The predicted octanol–water partition coefficient (Wildman–Crippen LogP) is 1.68. The van der Waals surface area contributed by atoms with Gasteiger partial charge in [-0.15, -0.1) is 0 Å². The van der Waals surface area contributed by atoms with Gasteiger partial charge in [-0.05, 0) is 38.0 Å². The molecular formula is C15H24N2O4S. The first-order chi connectivity index (χ1) is 10.2. The van der Waals surface area contributed by atoms with Crippen molar-refractivity contribution in [3.05, 3.63) is 23.8 Å². The number of sulfonamides is 1.